The van der Waals surface area contributed by atoms with E-state index >= 15 is 0 Å². The number of hydrazine groups is 1. The maximum absolute atomic E-state index is 13.8. The van der Waals surface area contributed by atoms with Crippen molar-refractivity contribution in [1.29, 1.82) is 0 Å². The van der Waals surface area contributed by atoms with Gasteiger partial charge in [0.15, 0.2) is 5.11 Å². The minimum absolute atomic E-state index is 0.161. The van der Waals surface area contributed by atoms with Crippen LogP contribution in [0.1, 0.15) is 40.8 Å². The van der Waals surface area contributed by atoms with E-state index in [1.807, 2.05) is 30.3 Å². The summed E-state index contributed by atoms with van der Waals surface area (Å²) in [5, 5.41) is 10.6. The molecule has 34 heavy (non-hydrogen) atoms. The highest BCUT2D eigenvalue weighted by Gasteiger charge is 2.36. The van der Waals surface area contributed by atoms with Gasteiger partial charge in [-0.05, 0) is 37.2 Å². The third-order valence-electron chi connectivity index (χ3n) is 5.97. The van der Waals surface area contributed by atoms with Crippen molar-refractivity contribution in [3.63, 3.8) is 0 Å². The second-order valence-corrected chi connectivity index (χ2v) is 8.65. The van der Waals surface area contributed by atoms with Gasteiger partial charge in [0.2, 0.25) is 0 Å². The minimum atomic E-state index is -2.62. The number of rotatable bonds is 7. The van der Waals surface area contributed by atoms with Gasteiger partial charge in [0.05, 0.1) is 25.5 Å². The predicted octanol–water partition coefficient (Wildman–Crippen LogP) is 2.08. The van der Waals surface area contributed by atoms with E-state index in [4.69, 9.17) is 17.0 Å². The van der Waals surface area contributed by atoms with E-state index in [9.17, 15) is 13.6 Å². The molecule has 2 aromatic rings. The molecule has 184 valence electrons. The van der Waals surface area contributed by atoms with Gasteiger partial charge in [-0.15, -0.1) is 0 Å². The lowest BCUT2D eigenvalue weighted by Gasteiger charge is -2.32. The zero-order chi connectivity index (χ0) is 23.9. The van der Waals surface area contributed by atoms with E-state index in [2.05, 4.69) is 31.5 Å². The lowest BCUT2D eigenvalue weighted by Crippen LogP contribution is -2.47. The number of morpholine rings is 1. The van der Waals surface area contributed by atoms with E-state index < -0.39 is 18.4 Å². The van der Waals surface area contributed by atoms with Crippen LogP contribution < -0.4 is 21.5 Å². The highest BCUT2D eigenvalue weighted by molar-refractivity contribution is 7.80. The molecular weight excluding hydrogens is 464 g/mol. The SMILES string of the molecule is O=C(NNC(=S)NCCCN1CCOCC1)c1cnn2c1N[C@@H](c1ccccc1)C[C@H]2C(F)F. The number of ether oxygens (including phenoxy) is 1. The number of anilines is 1. The van der Waals surface area contributed by atoms with Crippen molar-refractivity contribution in [2.24, 2.45) is 0 Å². The first-order valence-corrected chi connectivity index (χ1v) is 11.7. The van der Waals surface area contributed by atoms with Crippen LogP contribution in [0, 0.1) is 0 Å². The molecule has 0 bridgehead atoms. The molecule has 1 aromatic carbocycles. The molecule has 2 atom stereocenters. The standard InChI is InChI=1S/C22H29F2N7O2S/c23-19(24)18-13-17(15-5-2-1-3-6-15)27-20-16(14-26-31(18)20)21(32)28-29-22(34)25-7-4-8-30-9-11-33-12-10-30/h1-3,5-6,14,17-19,27H,4,7-13H2,(H,28,32)(H2,25,29,34)/t17-,18+/m1/s1. The highest BCUT2D eigenvalue weighted by atomic mass is 32.1. The second-order valence-electron chi connectivity index (χ2n) is 8.24. The number of halogens is 2. The van der Waals surface area contributed by atoms with Crippen LogP contribution in [0.15, 0.2) is 36.5 Å². The normalized spacial score (nSPS) is 20.3. The zero-order valence-electron chi connectivity index (χ0n) is 18.7. The fourth-order valence-electron chi connectivity index (χ4n) is 4.16. The Hall–Kier alpha value is -2.83. The quantitative estimate of drug-likeness (QED) is 0.265. The van der Waals surface area contributed by atoms with E-state index in [0.29, 0.717) is 6.54 Å². The molecule has 4 rings (SSSR count). The van der Waals surface area contributed by atoms with E-state index in [1.165, 1.54) is 10.9 Å². The molecule has 0 spiro atoms. The number of thiocarbonyl (C=S) groups is 1. The Labute approximate surface area is 202 Å². The predicted molar refractivity (Wildman–Crippen MR) is 128 cm³/mol. The van der Waals surface area contributed by atoms with Crippen molar-refractivity contribution in [3.8, 4) is 0 Å². The number of fused-ring (bicyclic) bond motifs is 1. The maximum atomic E-state index is 13.8. The highest BCUT2D eigenvalue weighted by Crippen LogP contribution is 2.39. The summed E-state index contributed by atoms with van der Waals surface area (Å²) in [4.78, 5) is 15.1. The topological polar surface area (TPSA) is 95.5 Å². The van der Waals surface area contributed by atoms with Gasteiger partial charge in [0.25, 0.3) is 12.3 Å². The average molecular weight is 494 g/mol. The molecule has 2 aliphatic heterocycles. The number of amides is 1. The Kier molecular flexibility index (Phi) is 8.25. The third kappa shape index (κ3) is 5.99. The van der Waals surface area contributed by atoms with Gasteiger partial charge < -0.3 is 15.4 Å². The van der Waals surface area contributed by atoms with Crippen molar-refractivity contribution < 1.29 is 18.3 Å². The van der Waals surface area contributed by atoms with E-state index in [1.54, 1.807) is 0 Å². The fraction of sp³-hybridized carbons (Fsp3) is 0.500. The van der Waals surface area contributed by atoms with E-state index in [-0.39, 0.29) is 29.0 Å². The number of hydrogen-bond donors (Lipinski definition) is 4. The van der Waals surface area contributed by atoms with Crippen LogP contribution in [0.5, 0.6) is 0 Å². The van der Waals surface area contributed by atoms with Crippen molar-refractivity contribution in [2.45, 2.75) is 31.4 Å². The molecular formula is C22H29F2N7O2S. The van der Waals surface area contributed by atoms with Gasteiger partial charge in [-0.3, -0.25) is 20.5 Å². The summed E-state index contributed by atoms with van der Waals surface area (Å²) < 4.78 is 34.1. The van der Waals surface area contributed by atoms with Crippen LogP contribution in [-0.4, -0.2) is 71.5 Å². The van der Waals surface area contributed by atoms with Crippen molar-refractivity contribution in [1.82, 2.24) is 30.8 Å². The summed E-state index contributed by atoms with van der Waals surface area (Å²) in [6, 6.07) is 7.82. The van der Waals surface area contributed by atoms with Crippen molar-refractivity contribution >= 4 is 29.1 Å². The van der Waals surface area contributed by atoms with Crippen LogP contribution in [0.3, 0.4) is 0 Å². The Bertz CT molecular complexity index is 969. The van der Waals surface area contributed by atoms with Gasteiger partial charge in [0.1, 0.15) is 17.4 Å². The monoisotopic (exact) mass is 493 g/mol. The van der Waals surface area contributed by atoms with Crippen molar-refractivity contribution in [2.75, 3.05) is 44.7 Å². The number of hydrogen-bond acceptors (Lipinski definition) is 6. The molecule has 1 saturated heterocycles. The zero-order valence-corrected chi connectivity index (χ0v) is 19.5. The molecule has 12 heteroatoms. The molecule has 3 heterocycles. The van der Waals surface area contributed by atoms with Gasteiger partial charge in [-0.25, -0.2) is 13.5 Å². The number of carbonyl (C=O) groups excluding carboxylic acids is 1. The summed E-state index contributed by atoms with van der Waals surface area (Å²) in [7, 11) is 0. The van der Waals surface area contributed by atoms with Crippen LogP contribution in [0.25, 0.3) is 0 Å². The smallest absolute Gasteiger partial charge is 0.275 e. The second kappa shape index (κ2) is 11.5. The number of benzene rings is 1. The number of nitrogens with zero attached hydrogens (tertiary/aromatic N) is 3. The number of aromatic nitrogens is 2. The summed E-state index contributed by atoms with van der Waals surface area (Å²) in [5.41, 5.74) is 6.22. The summed E-state index contributed by atoms with van der Waals surface area (Å²) in [6.45, 7) is 4.97. The maximum Gasteiger partial charge on any atom is 0.275 e. The van der Waals surface area contributed by atoms with Gasteiger partial charge in [-0.1, -0.05) is 30.3 Å². The Balaban J connectivity index is 1.31. The first kappa shape index (κ1) is 24.3. The third-order valence-corrected chi connectivity index (χ3v) is 6.21. The summed E-state index contributed by atoms with van der Waals surface area (Å²) in [5.74, 6) is -0.262. The molecule has 1 fully saturated rings. The molecule has 0 saturated carbocycles. The molecule has 0 unspecified atom stereocenters. The van der Waals surface area contributed by atoms with Crippen LogP contribution in [-0.2, 0) is 4.74 Å². The minimum Gasteiger partial charge on any atom is -0.379 e. The fourth-order valence-corrected chi connectivity index (χ4v) is 4.31. The summed E-state index contributed by atoms with van der Waals surface area (Å²) >= 11 is 5.22. The van der Waals surface area contributed by atoms with Gasteiger partial charge >= 0.3 is 0 Å². The van der Waals surface area contributed by atoms with Crippen LogP contribution in [0.4, 0.5) is 14.6 Å². The first-order valence-electron chi connectivity index (χ1n) is 11.3. The number of nitrogens with one attached hydrogen (secondary N) is 4. The van der Waals surface area contributed by atoms with Gasteiger partial charge in [-0.2, -0.15) is 5.10 Å². The average Bonchev–Trinajstić information content (AvgIpc) is 3.30. The Morgan fingerprint density at radius 3 is 2.74 bits per heavy atom. The van der Waals surface area contributed by atoms with Crippen LogP contribution >= 0.6 is 12.2 Å². The summed E-state index contributed by atoms with van der Waals surface area (Å²) in [6.07, 6.45) is -0.267. The molecule has 0 radical (unpaired) electrons. The molecule has 0 aliphatic carbocycles. The first-order chi connectivity index (χ1) is 16.5. The van der Waals surface area contributed by atoms with Crippen LogP contribution in [0.2, 0.25) is 0 Å². The van der Waals surface area contributed by atoms with E-state index in [0.717, 1.165) is 44.8 Å². The molecule has 9 nitrogen and oxygen atoms in total. The molecule has 2 aliphatic rings. The molecule has 1 amide bonds. The number of carbonyl (C=O) groups is 1. The number of alkyl halides is 2. The van der Waals surface area contributed by atoms with Gasteiger partial charge in [0, 0.05) is 19.6 Å². The Morgan fingerprint density at radius 2 is 2.00 bits per heavy atom. The van der Waals surface area contributed by atoms with Crippen molar-refractivity contribution in [3.05, 3.63) is 47.7 Å². The lowest BCUT2D eigenvalue weighted by molar-refractivity contribution is 0.0376. The molecule has 1 aromatic heterocycles. The largest absolute Gasteiger partial charge is 0.379 e. The lowest BCUT2D eigenvalue weighted by atomic mass is 9.97. The Morgan fingerprint density at radius 1 is 1.24 bits per heavy atom. The molecule has 4 N–H and O–H groups in total.